The van der Waals surface area contributed by atoms with E-state index in [-0.39, 0.29) is 0 Å². The highest BCUT2D eigenvalue weighted by Crippen LogP contribution is 2.46. The van der Waals surface area contributed by atoms with Gasteiger partial charge in [0, 0.05) is 71.0 Å². The molecule has 2 aromatic carbocycles. The lowest BCUT2D eigenvalue weighted by atomic mass is 10.1. The molecule has 0 bridgehead atoms. The number of thiophene rings is 5. The van der Waals surface area contributed by atoms with Crippen LogP contribution >= 0.6 is 80.1 Å². The molecule has 11 heteroatoms. The first kappa shape index (κ1) is 37.2. The predicted molar refractivity (Wildman–Crippen MR) is 246 cm³/mol. The van der Waals surface area contributed by atoms with Crippen molar-refractivity contribution in [2.75, 3.05) is 0 Å². The summed E-state index contributed by atoms with van der Waals surface area (Å²) in [6.07, 6.45) is 12.8. The van der Waals surface area contributed by atoms with Crippen molar-refractivity contribution in [1.29, 1.82) is 0 Å². The molecule has 4 nitrogen and oxygen atoms in total. The Morgan fingerprint density at radius 3 is 1.00 bits per heavy atom. The second kappa shape index (κ2) is 17.0. The van der Waals surface area contributed by atoms with Crippen LogP contribution in [0.25, 0.3) is 83.3 Å². The summed E-state index contributed by atoms with van der Waals surface area (Å²) >= 11 is 12.0. The van der Waals surface area contributed by atoms with Crippen LogP contribution in [0.2, 0.25) is 0 Å². The minimum absolute atomic E-state index is 0.968. The van der Waals surface area contributed by atoms with Gasteiger partial charge in [0.25, 0.3) is 0 Å². The number of hydrogen-bond acceptors (Lipinski definition) is 11. The quantitative estimate of drug-likeness (QED) is 0.0909. The molecule has 0 aliphatic rings. The Labute approximate surface area is 350 Å². The third-order valence-electron chi connectivity index (χ3n) is 10.1. The molecule has 9 aromatic rings. The third kappa shape index (κ3) is 7.82. The summed E-state index contributed by atoms with van der Waals surface area (Å²) in [5, 5.41) is 0. The molecule has 0 radical (unpaired) electrons. The van der Waals surface area contributed by atoms with E-state index in [9.17, 15) is 0 Å². The Balaban J connectivity index is 0.943. The van der Waals surface area contributed by atoms with Gasteiger partial charge in [0.05, 0.1) is 23.5 Å². The molecular formula is C44H40N4S7. The molecule has 0 unspecified atom stereocenters. The lowest BCUT2D eigenvalue weighted by molar-refractivity contribution is 0.670. The summed E-state index contributed by atoms with van der Waals surface area (Å²) in [7, 11) is 0. The lowest BCUT2D eigenvalue weighted by Crippen LogP contribution is -1.82. The van der Waals surface area contributed by atoms with Crippen molar-refractivity contribution in [3.05, 3.63) is 94.7 Å². The van der Waals surface area contributed by atoms with Crippen molar-refractivity contribution in [3.63, 3.8) is 0 Å². The number of benzene rings is 2. The normalized spacial score (nSPS) is 11.8. The van der Waals surface area contributed by atoms with E-state index in [1.807, 2.05) is 45.3 Å². The van der Waals surface area contributed by atoms with Crippen LogP contribution in [-0.4, -0.2) is 17.5 Å². The van der Waals surface area contributed by atoms with Crippen LogP contribution in [0, 0.1) is 0 Å². The van der Waals surface area contributed by atoms with Gasteiger partial charge in [0.1, 0.15) is 22.1 Å². The van der Waals surface area contributed by atoms with Crippen LogP contribution < -0.4 is 0 Å². The number of aromatic nitrogens is 4. The van der Waals surface area contributed by atoms with E-state index < -0.39 is 0 Å². The van der Waals surface area contributed by atoms with Gasteiger partial charge < -0.3 is 0 Å². The molecule has 55 heavy (non-hydrogen) atoms. The van der Waals surface area contributed by atoms with E-state index in [0.29, 0.717) is 0 Å². The maximum atomic E-state index is 4.83. The maximum absolute atomic E-state index is 4.83. The topological polar surface area (TPSA) is 51.6 Å². The van der Waals surface area contributed by atoms with E-state index in [1.165, 1.54) is 136 Å². The lowest BCUT2D eigenvalue weighted by Gasteiger charge is -2.05. The Morgan fingerprint density at radius 2 is 0.636 bits per heavy atom. The second-order valence-electron chi connectivity index (χ2n) is 13.9. The van der Waals surface area contributed by atoms with Crippen molar-refractivity contribution in [2.24, 2.45) is 0 Å². The zero-order valence-corrected chi connectivity index (χ0v) is 36.5. The summed E-state index contributed by atoms with van der Waals surface area (Å²) < 4.78 is 19.3. The summed E-state index contributed by atoms with van der Waals surface area (Å²) in [5.74, 6) is 0. The molecule has 0 aliphatic heterocycles. The average molecular weight is 849 g/mol. The molecule has 0 aliphatic carbocycles. The Morgan fingerprint density at radius 1 is 0.327 bits per heavy atom. The first-order chi connectivity index (χ1) is 27.2. The molecule has 0 saturated carbocycles. The Hall–Kier alpha value is -3.42. The van der Waals surface area contributed by atoms with Gasteiger partial charge in [-0.15, -0.1) is 56.7 Å². The summed E-state index contributed by atoms with van der Waals surface area (Å²) in [4.78, 5) is 13.2. The standard InChI is InChI=1S/C44H40N4S7/c1-3-5-7-9-11-27-13-19-37(49-27)39-25-23-35(52-39)31-17-15-29(41-43(31)47-54-45-41)33-21-22-34(51-33)30-16-18-32(44-42(30)46-55-48-44)36-24-26-40(53-36)38-20-14-28(50-38)12-10-8-6-4-2/h13-26H,3-12H2,1-2H3. The van der Waals surface area contributed by atoms with Crippen molar-refractivity contribution in [2.45, 2.75) is 78.1 Å². The van der Waals surface area contributed by atoms with Crippen LogP contribution in [0.3, 0.4) is 0 Å². The van der Waals surface area contributed by atoms with Crippen LogP contribution in [0.15, 0.2) is 84.9 Å². The highest BCUT2D eigenvalue weighted by Gasteiger charge is 2.20. The molecule has 7 heterocycles. The molecule has 0 N–H and O–H groups in total. The Bertz CT molecular complexity index is 2500. The third-order valence-corrected chi connectivity index (χ3v) is 17.2. The molecule has 0 atom stereocenters. The molecule has 0 spiro atoms. The SMILES string of the molecule is CCCCCCc1ccc(-c2ccc(-c3ccc(-c4ccc(-c5ccc(-c6ccc(-c7ccc(CCCCCC)s7)s6)c6nsnc56)s4)c4nsnc34)s2)s1. The zero-order chi connectivity index (χ0) is 37.1. The number of hydrogen-bond donors (Lipinski definition) is 0. The van der Waals surface area contributed by atoms with Crippen LogP contribution in [-0.2, 0) is 12.8 Å². The summed E-state index contributed by atoms with van der Waals surface area (Å²) in [6, 6.07) is 31.6. The van der Waals surface area contributed by atoms with E-state index in [2.05, 4.69) is 98.8 Å². The summed E-state index contributed by atoms with van der Waals surface area (Å²) in [6.45, 7) is 4.54. The van der Waals surface area contributed by atoms with Gasteiger partial charge >= 0.3 is 0 Å². The van der Waals surface area contributed by atoms with E-state index in [4.69, 9.17) is 17.5 Å². The number of nitrogens with zero attached hydrogens (tertiary/aromatic N) is 4. The molecule has 7 aromatic heterocycles. The Kier molecular flexibility index (Phi) is 11.5. The monoisotopic (exact) mass is 848 g/mol. The van der Waals surface area contributed by atoms with Gasteiger partial charge in [-0.05, 0) is 86.3 Å². The largest absolute Gasteiger partial charge is 0.172 e. The van der Waals surface area contributed by atoms with Crippen molar-refractivity contribution in [1.82, 2.24) is 17.5 Å². The molecule has 0 fully saturated rings. The zero-order valence-electron chi connectivity index (χ0n) is 30.8. The first-order valence-electron chi connectivity index (χ1n) is 19.2. The van der Waals surface area contributed by atoms with Gasteiger partial charge in [-0.3, -0.25) is 0 Å². The number of fused-ring (bicyclic) bond motifs is 2. The van der Waals surface area contributed by atoms with Crippen molar-refractivity contribution >= 4 is 102 Å². The highest BCUT2D eigenvalue weighted by atomic mass is 32.1. The fourth-order valence-corrected chi connectivity index (χ4v) is 13.7. The summed E-state index contributed by atoms with van der Waals surface area (Å²) in [5.41, 5.74) is 8.45. The van der Waals surface area contributed by atoms with E-state index in [0.717, 1.165) is 44.3 Å². The average Bonchev–Trinajstić information content (AvgIpc) is 4.05. The van der Waals surface area contributed by atoms with Gasteiger partial charge in [-0.25, -0.2) is 0 Å². The van der Waals surface area contributed by atoms with Crippen LogP contribution in [0.1, 0.15) is 75.0 Å². The van der Waals surface area contributed by atoms with Crippen LogP contribution in [0.4, 0.5) is 0 Å². The van der Waals surface area contributed by atoms with Crippen molar-refractivity contribution in [3.8, 4) is 61.3 Å². The van der Waals surface area contributed by atoms with Crippen molar-refractivity contribution < 1.29 is 0 Å². The fourth-order valence-electron chi connectivity index (χ4n) is 7.13. The smallest absolute Gasteiger partial charge is 0.114 e. The number of unbranched alkanes of at least 4 members (excludes halogenated alkanes) is 6. The predicted octanol–water partition coefficient (Wildman–Crippen LogP) is 16.3. The minimum Gasteiger partial charge on any atom is -0.172 e. The number of rotatable bonds is 16. The van der Waals surface area contributed by atoms with E-state index in [1.54, 1.807) is 11.3 Å². The van der Waals surface area contributed by atoms with Gasteiger partial charge in [0.15, 0.2) is 0 Å². The minimum atomic E-state index is 0.968. The van der Waals surface area contributed by atoms with Crippen LogP contribution in [0.5, 0.6) is 0 Å². The first-order valence-corrected chi connectivity index (χ1v) is 24.7. The second-order valence-corrected chi connectivity index (χ2v) is 20.5. The van der Waals surface area contributed by atoms with Gasteiger partial charge in [-0.1, -0.05) is 76.6 Å². The molecule has 278 valence electrons. The van der Waals surface area contributed by atoms with Gasteiger partial charge in [-0.2, -0.15) is 17.5 Å². The molecule has 0 amide bonds. The highest BCUT2D eigenvalue weighted by molar-refractivity contribution is 7.24. The van der Waals surface area contributed by atoms with Gasteiger partial charge in [0.2, 0.25) is 0 Å². The molecular weight excluding hydrogens is 809 g/mol. The molecule has 0 saturated heterocycles. The van der Waals surface area contributed by atoms with E-state index >= 15 is 0 Å². The molecule has 9 rings (SSSR count). The number of aryl methyl sites for hydroxylation is 2. The fraction of sp³-hybridized carbons (Fsp3) is 0.273. The maximum Gasteiger partial charge on any atom is 0.114 e.